The Balaban J connectivity index is 1.43. The zero-order valence-corrected chi connectivity index (χ0v) is 16.9. The first kappa shape index (κ1) is 19.4. The maximum atomic E-state index is 12.8. The van der Waals surface area contributed by atoms with E-state index in [1.54, 1.807) is 30.5 Å². The molecule has 0 aliphatic carbocycles. The fourth-order valence-corrected chi connectivity index (χ4v) is 4.89. The first-order chi connectivity index (χ1) is 13.5. The molecule has 0 spiro atoms. The van der Waals surface area contributed by atoms with Crippen molar-refractivity contribution >= 4 is 33.4 Å². The highest BCUT2D eigenvalue weighted by Gasteiger charge is 2.29. The van der Waals surface area contributed by atoms with E-state index in [1.807, 2.05) is 6.07 Å². The van der Waals surface area contributed by atoms with Gasteiger partial charge < -0.3 is 14.5 Å². The van der Waals surface area contributed by atoms with E-state index in [0.717, 1.165) is 18.9 Å². The van der Waals surface area contributed by atoms with Crippen molar-refractivity contribution < 1.29 is 13.2 Å². The van der Waals surface area contributed by atoms with Crippen LogP contribution in [0.3, 0.4) is 0 Å². The molecule has 10 heteroatoms. The van der Waals surface area contributed by atoms with E-state index in [1.165, 1.54) is 4.31 Å². The molecular formula is C18H22ClN5O3S. The molecule has 3 heterocycles. The van der Waals surface area contributed by atoms with Crippen molar-refractivity contribution in [2.45, 2.75) is 4.90 Å². The first-order valence-corrected chi connectivity index (χ1v) is 11.0. The van der Waals surface area contributed by atoms with E-state index in [9.17, 15) is 8.42 Å². The molecule has 2 aromatic rings. The third-order valence-electron chi connectivity index (χ3n) is 4.94. The lowest BCUT2D eigenvalue weighted by atomic mass is 10.3. The monoisotopic (exact) mass is 423 g/mol. The van der Waals surface area contributed by atoms with Gasteiger partial charge in [-0.1, -0.05) is 11.6 Å². The van der Waals surface area contributed by atoms with Crippen LogP contribution >= 0.6 is 11.6 Å². The summed E-state index contributed by atoms with van der Waals surface area (Å²) in [5.74, 6) is 1.51. The number of hydrogen-bond acceptors (Lipinski definition) is 7. The molecule has 1 aromatic heterocycles. The lowest BCUT2D eigenvalue weighted by molar-refractivity contribution is 0.122. The molecule has 2 saturated heterocycles. The van der Waals surface area contributed by atoms with Gasteiger partial charge in [-0.15, -0.1) is 0 Å². The predicted octanol–water partition coefficient (Wildman–Crippen LogP) is 1.48. The topological polar surface area (TPSA) is 78.9 Å². The second-order valence-corrected chi connectivity index (χ2v) is 9.03. The van der Waals surface area contributed by atoms with Crippen molar-refractivity contribution in [1.82, 2.24) is 14.3 Å². The van der Waals surface area contributed by atoms with Crippen molar-refractivity contribution in [3.8, 4) is 0 Å². The Bertz CT molecular complexity index is 911. The van der Waals surface area contributed by atoms with Crippen LogP contribution in [0.5, 0.6) is 0 Å². The highest BCUT2D eigenvalue weighted by Crippen LogP contribution is 2.22. The number of anilines is 2. The third-order valence-corrected chi connectivity index (χ3v) is 7.10. The van der Waals surface area contributed by atoms with Crippen LogP contribution in [0.2, 0.25) is 5.02 Å². The minimum atomic E-state index is -3.52. The van der Waals surface area contributed by atoms with Gasteiger partial charge in [0.2, 0.25) is 16.0 Å². The fourth-order valence-electron chi connectivity index (χ4n) is 3.34. The summed E-state index contributed by atoms with van der Waals surface area (Å²) in [6.07, 6.45) is 1.75. The Morgan fingerprint density at radius 1 is 0.893 bits per heavy atom. The molecule has 0 amide bonds. The molecule has 28 heavy (non-hydrogen) atoms. The summed E-state index contributed by atoms with van der Waals surface area (Å²) in [5.41, 5.74) is 0. The van der Waals surface area contributed by atoms with Gasteiger partial charge in [-0.05, 0) is 30.3 Å². The number of ether oxygens (including phenoxy) is 1. The van der Waals surface area contributed by atoms with Gasteiger partial charge in [0.1, 0.15) is 5.82 Å². The predicted molar refractivity (Wildman–Crippen MR) is 107 cm³/mol. The summed E-state index contributed by atoms with van der Waals surface area (Å²) in [5, 5.41) is 0.517. The molecule has 4 rings (SSSR count). The van der Waals surface area contributed by atoms with Crippen LogP contribution in [0, 0.1) is 0 Å². The molecule has 2 aliphatic heterocycles. The van der Waals surface area contributed by atoms with E-state index in [0.29, 0.717) is 50.4 Å². The van der Waals surface area contributed by atoms with E-state index in [-0.39, 0.29) is 4.90 Å². The Kier molecular flexibility index (Phi) is 5.68. The lowest BCUT2D eigenvalue weighted by Crippen LogP contribution is -2.49. The Hall–Kier alpha value is -1.94. The first-order valence-electron chi connectivity index (χ1n) is 9.20. The average molecular weight is 424 g/mol. The summed E-state index contributed by atoms with van der Waals surface area (Å²) < 4.78 is 32.5. The summed E-state index contributed by atoms with van der Waals surface area (Å²) in [4.78, 5) is 13.5. The van der Waals surface area contributed by atoms with E-state index in [4.69, 9.17) is 16.3 Å². The van der Waals surface area contributed by atoms with Gasteiger partial charge in [0, 0.05) is 50.5 Å². The number of hydrogen-bond donors (Lipinski definition) is 0. The van der Waals surface area contributed by atoms with Crippen LogP contribution < -0.4 is 9.80 Å². The quantitative estimate of drug-likeness (QED) is 0.736. The van der Waals surface area contributed by atoms with Gasteiger partial charge in [-0.2, -0.15) is 9.29 Å². The number of halogens is 1. The van der Waals surface area contributed by atoms with Crippen LogP contribution in [0.25, 0.3) is 0 Å². The van der Waals surface area contributed by atoms with E-state index < -0.39 is 10.0 Å². The minimum absolute atomic E-state index is 0.266. The maximum absolute atomic E-state index is 12.8. The number of aromatic nitrogens is 2. The Morgan fingerprint density at radius 2 is 1.57 bits per heavy atom. The summed E-state index contributed by atoms with van der Waals surface area (Å²) in [7, 11) is -3.52. The fraction of sp³-hybridized carbons (Fsp3) is 0.444. The number of piperazine rings is 1. The number of morpholine rings is 1. The molecule has 0 bridgehead atoms. The molecule has 150 valence electrons. The SMILES string of the molecule is O=S(=O)(c1ccc(Cl)cc1)N1CCN(c2ccnc(N3CCOCC3)n2)CC1. The normalized spacial score (nSPS) is 19.0. The maximum Gasteiger partial charge on any atom is 0.243 e. The van der Waals surface area contributed by atoms with E-state index in [2.05, 4.69) is 19.8 Å². The molecule has 2 fully saturated rings. The molecule has 2 aliphatic rings. The molecule has 0 atom stereocenters. The largest absolute Gasteiger partial charge is 0.378 e. The van der Waals surface area contributed by atoms with Crippen molar-refractivity contribution in [2.75, 3.05) is 62.3 Å². The molecule has 0 saturated carbocycles. The third kappa shape index (κ3) is 4.07. The summed E-state index contributed by atoms with van der Waals surface area (Å²) in [6.45, 7) is 4.86. The van der Waals surface area contributed by atoms with Gasteiger partial charge in [0.05, 0.1) is 18.1 Å². The average Bonchev–Trinajstić information content (AvgIpc) is 2.75. The Labute approximate surface area is 169 Å². The summed E-state index contributed by atoms with van der Waals surface area (Å²) in [6, 6.07) is 8.15. The molecule has 8 nitrogen and oxygen atoms in total. The number of rotatable bonds is 4. The van der Waals surface area contributed by atoms with E-state index >= 15 is 0 Å². The highest BCUT2D eigenvalue weighted by atomic mass is 35.5. The van der Waals surface area contributed by atoms with Gasteiger partial charge in [-0.25, -0.2) is 13.4 Å². The Morgan fingerprint density at radius 3 is 2.25 bits per heavy atom. The molecule has 0 N–H and O–H groups in total. The number of sulfonamides is 1. The van der Waals surface area contributed by atoms with Gasteiger partial charge >= 0.3 is 0 Å². The highest BCUT2D eigenvalue weighted by molar-refractivity contribution is 7.89. The molecule has 0 radical (unpaired) electrons. The smallest absolute Gasteiger partial charge is 0.243 e. The van der Waals surface area contributed by atoms with Crippen molar-refractivity contribution in [1.29, 1.82) is 0 Å². The lowest BCUT2D eigenvalue weighted by Gasteiger charge is -2.35. The number of nitrogens with zero attached hydrogens (tertiary/aromatic N) is 5. The van der Waals surface area contributed by atoms with Crippen molar-refractivity contribution in [2.24, 2.45) is 0 Å². The van der Waals surface area contributed by atoms with Gasteiger partial charge in [0.25, 0.3) is 0 Å². The second kappa shape index (κ2) is 8.20. The van der Waals surface area contributed by atoms with Crippen LogP contribution in [0.4, 0.5) is 11.8 Å². The van der Waals surface area contributed by atoms with Gasteiger partial charge in [0.15, 0.2) is 0 Å². The summed E-state index contributed by atoms with van der Waals surface area (Å²) >= 11 is 5.87. The van der Waals surface area contributed by atoms with Crippen LogP contribution in [0.15, 0.2) is 41.4 Å². The van der Waals surface area contributed by atoms with Gasteiger partial charge in [-0.3, -0.25) is 0 Å². The zero-order chi connectivity index (χ0) is 19.6. The zero-order valence-electron chi connectivity index (χ0n) is 15.4. The van der Waals surface area contributed by atoms with Crippen molar-refractivity contribution in [3.05, 3.63) is 41.6 Å². The standard InChI is InChI=1S/C18H22ClN5O3S/c19-15-1-3-16(4-2-15)28(25,26)24-9-7-22(8-10-24)17-5-6-20-18(21-17)23-11-13-27-14-12-23/h1-6H,7-14H2. The molecular weight excluding hydrogens is 402 g/mol. The molecule has 0 unspecified atom stereocenters. The molecule has 1 aromatic carbocycles. The second-order valence-electron chi connectivity index (χ2n) is 6.66. The van der Waals surface area contributed by atoms with Crippen LogP contribution in [0.1, 0.15) is 0 Å². The minimum Gasteiger partial charge on any atom is -0.378 e. The van der Waals surface area contributed by atoms with Crippen molar-refractivity contribution in [3.63, 3.8) is 0 Å². The number of benzene rings is 1. The van der Waals surface area contributed by atoms with Crippen LogP contribution in [-0.2, 0) is 14.8 Å². The van der Waals surface area contributed by atoms with Crippen LogP contribution in [-0.4, -0.2) is 75.2 Å².